The summed E-state index contributed by atoms with van der Waals surface area (Å²) in [5.41, 5.74) is 1.12. The number of nitriles is 1. The van der Waals surface area contributed by atoms with Crippen LogP contribution in [0.4, 0.5) is 0 Å². The second kappa shape index (κ2) is 7.50. The van der Waals surface area contributed by atoms with E-state index in [9.17, 15) is 9.90 Å². The normalized spacial score (nSPS) is 10.0. The van der Waals surface area contributed by atoms with E-state index >= 15 is 0 Å². The van der Waals surface area contributed by atoms with E-state index in [1.807, 2.05) is 6.07 Å². The maximum Gasteiger partial charge on any atom is 0.166 e. The maximum absolute atomic E-state index is 11.9. The van der Waals surface area contributed by atoms with Crippen molar-refractivity contribution in [3.05, 3.63) is 29.3 Å². The summed E-state index contributed by atoms with van der Waals surface area (Å²) in [5.74, 6) is -0.0272. The predicted molar refractivity (Wildman–Crippen MR) is 70.5 cm³/mol. The van der Waals surface area contributed by atoms with Crippen molar-refractivity contribution in [3.8, 4) is 11.8 Å². The van der Waals surface area contributed by atoms with Gasteiger partial charge < -0.3 is 5.11 Å². The molecule has 0 saturated heterocycles. The van der Waals surface area contributed by atoms with Gasteiger partial charge in [-0.1, -0.05) is 32.3 Å². The Hall–Kier alpha value is -1.82. The zero-order valence-corrected chi connectivity index (χ0v) is 10.8. The smallest absolute Gasteiger partial charge is 0.166 e. The van der Waals surface area contributed by atoms with Gasteiger partial charge in [-0.15, -0.1) is 0 Å². The quantitative estimate of drug-likeness (QED) is 0.589. The van der Waals surface area contributed by atoms with Crippen molar-refractivity contribution in [1.29, 1.82) is 5.26 Å². The van der Waals surface area contributed by atoms with Crippen LogP contribution >= 0.6 is 0 Å². The van der Waals surface area contributed by atoms with E-state index in [0.717, 1.165) is 31.2 Å². The van der Waals surface area contributed by atoms with Crippen molar-refractivity contribution in [2.24, 2.45) is 0 Å². The number of ketones is 1. The van der Waals surface area contributed by atoms with Crippen LogP contribution in [0.1, 0.15) is 54.9 Å². The molecule has 1 aromatic rings. The topological polar surface area (TPSA) is 61.1 Å². The minimum atomic E-state index is -0.0385. The molecule has 0 amide bonds. The van der Waals surface area contributed by atoms with Crippen molar-refractivity contribution in [2.75, 3.05) is 0 Å². The van der Waals surface area contributed by atoms with Crippen LogP contribution in [0.15, 0.2) is 18.2 Å². The van der Waals surface area contributed by atoms with Crippen molar-refractivity contribution in [3.63, 3.8) is 0 Å². The minimum absolute atomic E-state index is 0.0113. The summed E-state index contributed by atoms with van der Waals surface area (Å²) in [4.78, 5) is 11.9. The molecule has 0 aromatic heterocycles. The van der Waals surface area contributed by atoms with Gasteiger partial charge in [-0.3, -0.25) is 4.79 Å². The number of hydrogen-bond donors (Lipinski definition) is 1. The predicted octanol–water partition coefficient (Wildman–Crippen LogP) is 3.61. The summed E-state index contributed by atoms with van der Waals surface area (Å²) < 4.78 is 0. The molecule has 0 saturated carbocycles. The van der Waals surface area contributed by atoms with Crippen LogP contribution in [-0.4, -0.2) is 10.9 Å². The third kappa shape index (κ3) is 4.21. The molecule has 0 heterocycles. The molecule has 3 heteroatoms. The fourth-order valence-corrected chi connectivity index (χ4v) is 1.85. The Morgan fingerprint density at radius 2 is 2.11 bits per heavy atom. The van der Waals surface area contributed by atoms with Crippen LogP contribution in [0.5, 0.6) is 5.75 Å². The molecule has 0 radical (unpaired) electrons. The average molecular weight is 245 g/mol. The molecule has 96 valence electrons. The number of hydrogen-bond acceptors (Lipinski definition) is 3. The third-order valence-electron chi connectivity index (χ3n) is 2.90. The maximum atomic E-state index is 11.9. The molecular weight excluding hydrogens is 226 g/mol. The average Bonchev–Trinajstić information content (AvgIpc) is 2.37. The van der Waals surface area contributed by atoms with Crippen molar-refractivity contribution < 1.29 is 9.90 Å². The highest BCUT2D eigenvalue weighted by Gasteiger charge is 2.11. The molecule has 3 nitrogen and oxygen atoms in total. The van der Waals surface area contributed by atoms with Crippen LogP contribution < -0.4 is 0 Å². The van der Waals surface area contributed by atoms with Gasteiger partial charge in [0, 0.05) is 6.42 Å². The Bertz CT molecular complexity index is 446. The number of nitrogens with zero attached hydrogens (tertiary/aromatic N) is 1. The van der Waals surface area contributed by atoms with Crippen LogP contribution in [0.2, 0.25) is 0 Å². The van der Waals surface area contributed by atoms with Gasteiger partial charge in [0.2, 0.25) is 0 Å². The number of carbonyl (C=O) groups excluding carboxylic acids is 1. The number of rotatable bonds is 7. The van der Waals surface area contributed by atoms with E-state index in [-0.39, 0.29) is 18.0 Å². The standard InChI is InChI=1S/C15H19NO2/c1-2-3-4-5-6-14(17)13-11-12(9-10-16)7-8-15(13)18/h7-8,11,18H,2-6,9H2,1H3. The number of Topliss-reactive ketones (excluding diaryl/α,β-unsaturated/α-hetero) is 1. The molecule has 0 unspecified atom stereocenters. The molecule has 1 rings (SSSR count). The summed E-state index contributed by atoms with van der Waals surface area (Å²) >= 11 is 0. The Morgan fingerprint density at radius 3 is 2.78 bits per heavy atom. The number of benzene rings is 1. The number of phenols is 1. The number of aromatic hydroxyl groups is 1. The first-order valence-electron chi connectivity index (χ1n) is 6.41. The van der Waals surface area contributed by atoms with E-state index in [1.165, 1.54) is 6.07 Å². The Kier molecular flexibility index (Phi) is 5.93. The summed E-state index contributed by atoms with van der Waals surface area (Å²) in [6.45, 7) is 2.12. The molecular formula is C15H19NO2. The Balaban J connectivity index is 2.66. The minimum Gasteiger partial charge on any atom is -0.507 e. The molecule has 0 fully saturated rings. The lowest BCUT2D eigenvalue weighted by Gasteiger charge is -2.05. The van der Waals surface area contributed by atoms with E-state index in [0.29, 0.717) is 12.0 Å². The zero-order chi connectivity index (χ0) is 13.4. The van der Waals surface area contributed by atoms with Crippen LogP contribution in [0.25, 0.3) is 0 Å². The number of unbranched alkanes of at least 4 members (excludes halogenated alkanes) is 3. The summed E-state index contributed by atoms with van der Waals surface area (Å²) in [7, 11) is 0. The largest absolute Gasteiger partial charge is 0.507 e. The lowest BCUT2D eigenvalue weighted by atomic mass is 10.0. The summed E-state index contributed by atoms with van der Waals surface area (Å²) in [5, 5.41) is 18.3. The van der Waals surface area contributed by atoms with Gasteiger partial charge in [-0.05, 0) is 24.1 Å². The molecule has 1 aromatic carbocycles. The van der Waals surface area contributed by atoms with E-state index in [4.69, 9.17) is 5.26 Å². The second-order valence-electron chi connectivity index (χ2n) is 4.42. The van der Waals surface area contributed by atoms with Crippen molar-refractivity contribution in [1.82, 2.24) is 0 Å². The van der Waals surface area contributed by atoms with Gasteiger partial charge in [0.15, 0.2) is 5.78 Å². The van der Waals surface area contributed by atoms with Crippen molar-refractivity contribution >= 4 is 5.78 Å². The molecule has 0 bridgehead atoms. The van der Waals surface area contributed by atoms with Gasteiger partial charge in [-0.25, -0.2) is 0 Å². The van der Waals surface area contributed by atoms with Crippen LogP contribution in [0, 0.1) is 11.3 Å². The highest BCUT2D eigenvalue weighted by Crippen LogP contribution is 2.21. The molecule has 1 N–H and O–H groups in total. The van der Waals surface area contributed by atoms with Gasteiger partial charge in [-0.2, -0.15) is 5.26 Å². The molecule has 18 heavy (non-hydrogen) atoms. The first-order valence-corrected chi connectivity index (χ1v) is 6.41. The first kappa shape index (κ1) is 14.2. The fraction of sp³-hybridized carbons (Fsp3) is 0.467. The van der Waals surface area contributed by atoms with Gasteiger partial charge >= 0.3 is 0 Å². The van der Waals surface area contributed by atoms with E-state index < -0.39 is 0 Å². The molecule has 0 aliphatic rings. The molecule has 0 atom stereocenters. The summed E-state index contributed by atoms with van der Waals surface area (Å²) in [6.07, 6.45) is 4.89. The number of carbonyl (C=O) groups is 1. The van der Waals surface area contributed by atoms with E-state index in [1.54, 1.807) is 12.1 Å². The molecule has 0 aliphatic heterocycles. The van der Waals surface area contributed by atoms with E-state index in [2.05, 4.69) is 6.92 Å². The highest BCUT2D eigenvalue weighted by molar-refractivity contribution is 5.98. The summed E-state index contributed by atoms with van der Waals surface area (Å²) in [6, 6.07) is 6.83. The zero-order valence-electron chi connectivity index (χ0n) is 10.8. The Labute approximate surface area is 108 Å². The highest BCUT2D eigenvalue weighted by atomic mass is 16.3. The molecule has 0 aliphatic carbocycles. The van der Waals surface area contributed by atoms with Crippen LogP contribution in [-0.2, 0) is 6.42 Å². The Morgan fingerprint density at radius 1 is 1.33 bits per heavy atom. The van der Waals surface area contributed by atoms with Crippen LogP contribution in [0.3, 0.4) is 0 Å². The number of phenolic OH excluding ortho intramolecular Hbond substituents is 1. The van der Waals surface area contributed by atoms with Gasteiger partial charge in [0.05, 0.1) is 18.1 Å². The first-order chi connectivity index (χ1) is 8.69. The third-order valence-corrected chi connectivity index (χ3v) is 2.90. The SMILES string of the molecule is CCCCCCC(=O)c1cc(CC#N)ccc1O. The second-order valence-corrected chi connectivity index (χ2v) is 4.42. The van der Waals surface area contributed by atoms with Gasteiger partial charge in [0.1, 0.15) is 5.75 Å². The molecule has 0 spiro atoms. The van der Waals surface area contributed by atoms with Crippen molar-refractivity contribution in [2.45, 2.75) is 45.4 Å². The monoisotopic (exact) mass is 245 g/mol. The fourth-order valence-electron chi connectivity index (χ4n) is 1.85. The van der Waals surface area contributed by atoms with Gasteiger partial charge in [0.25, 0.3) is 0 Å². The lowest BCUT2D eigenvalue weighted by molar-refractivity contribution is 0.0976. The lowest BCUT2D eigenvalue weighted by Crippen LogP contribution is -2.00.